The van der Waals surface area contributed by atoms with Gasteiger partial charge in [0.05, 0.1) is 18.2 Å². The summed E-state index contributed by atoms with van der Waals surface area (Å²) in [5.41, 5.74) is 7.55. The van der Waals surface area contributed by atoms with Crippen molar-refractivity contribution >= 4 is 17.5 Å². The van der Waals surface area contributed by atoms with E-state index in [1.165, 1.54) is 0 Å². The number of anilines is 1. The van der Waals surface area contributed by atoms with E-state index in [9.17, 15) is 9.59 Å². The Hall–Kier alpha value is -2.73. The van der Waals surface area contributed by atoms with E-state index in [0.717, 1.165) is 5.69 Å². The zero-order chi connectivity index (χ0) is 17.5. The summed E-state index contributed by atoms with van der Waals surface area (Å²) in [4.78, 5) is 28.4. The number of carbonyl (C=O) groups is 2. The SMILES string of the molecule is CC(N)C(C)C(=O)Nc1cccc(C(=O)NCc2ccccn2)c1. The minimum absolute atomic E-state index is 0.170. The van der Waals surface area contributed by atoms with Crippen molar-refractivity contribution in [3.63, 3.8) is 0 Å². The number of nitrogens with zero attached hydrogens (tertiary/aromatic N) is 1. The molecule has 0 aliphatic rings. The van der Waals surface area contributed by atoms with E-state index in [1.54, 1.807) is 44.3 Å². The zero-order valence-electron chi connectivity index (χ0n) is 13.8. The van der Waals surface area contributed by atoms with Crippen molar-refractivity contribution in [3.8, 4) is 0 Å². The van der Waals surface area contributed by atoms with Crippen LogP contribution in [0.3, 0.4) is 0 Å². The summed E-state index contributed by atoms with van der Waals surface area (Å²) in [6, 6.07) is 12.1. The molecule has 0 bridgehead atoms. The molecule has 2 rings (SSSR count). The van der Waals surface area contributed by atoms with Crippen LogP contribution in [0.15, 0.2) is 48.7 Å². The van der Waals surface area contributed by atoms with Gasteiger partial charge in [-0.2, -0.15) is 0 Å². The van der Waals surface area contributed by atoms with Gasteiger partial charge in [0.2, 0.25) is 5.91 Å². The van der Waals surface area contributed by atoms with Crippen molar-refractivity contribution in [2.75, 3.05) is 5.32 Å². The summed E-state index contributed by atoms with van der Waals surface area (Å²) in [7, 11) is 0. The molecule has 6 heteroatoms. The number of aromatic nitrogens is 1. The number of amides is 2. The molecule has 2 atom stereocenters. The highest BCUT2D eigenvalue weighted by atomic mass is 16.2. The number of hydrogen-bond acceptors (Lipinski definition) is 4. The van der Waals surface area contributed by atoms with Crippen LogP contribution in [0.25, 0.3) is 0 Å². The molecule has 2 amide bonds. The Morgan fingerprint density at radius 1 is 1.17 bits per heavy atom. The Bertz CT molecular complexity index is 701. The number of rotatable bonds is 6. The first kappa shape index (κ1) is 17.6. The second-order valence-electron chi connectivity index (χ2n) is 5.72. The van der Waals surface area contributed by atoms with Crippen LogP contribution in [0.2, 0.25) is 0 Å². The highest BCUT2D eigenvalue weighted by molar-refractivity contribution is 5.97. The fourth-order valence-corrected chi connectivity index (χ4v) is 2.01. The standard InChI is InChI=1S/C18H22N4O2/c1-12(13(2)19)17(23)22-15-8-5-6-14(10-15)18(24)21-11-16-7-3-4-9-20-16/h3-10,12-13H,11,19H2,1-2H3,(H,21,24)(H,22,23). The molecule has 0 aliphatic heterocycles. The van der Waals surface area contributed by atoms with E-state index in [1.807, 2.05) is 18.2 Å². The highest BCUT2D eigenvalue weighted by Gasteiger charge is 2.17. The van der Waals surface area contributed by atoms with Crippen LogP contribution < -0.4 is 16.4 Å². The van der Waals surface area contributed by atoms with E-state index < -0.39 is 0 Å². The molecule has 0 saturated carbocycles. The predicted octanol–water partition coefficient (Wildman–Crippen LogP) is 1.93. The van der Waals surface area contributed by atoms with E-state index in [2.05, 4.69) is 15.6 Å². The Morgan fingerprint density at radius 2 is 1.96 bits per heavy atom. The minimum atomic E-state index is -0.313. The molecular weight excluding hydrogens is 304 g/mol. The van der Waals surface area contributed by atoms with Crippen LogP contribution in [0.4, 0.5) is 5.69 Å². The Balaban J connectivity index is 1.99. The summed E-state index contributed by atoms with van der Waals surface area (Å²) < 4.78 is 0. The maximum atomic E-state index is 12.2. The number of carbonyl (C=O) groups excluding carboxylic acids is 2. The first-order chi connectivity index (χ1) is 11.5. The summed E-state index contributed by atoms with van der Waals surface area (Å²) in [6.07, 6.45) is 1.68. The number of hydrogen-bond donors (Lipinski definition) is 3. The normalized spacial score (nSPS) is 13.0. The molecule has 1 aromatic carbocycles. The lowest BCUT2D eigenvalue weighted by Gasteiger charge is -2.15. The predicted molar refractivity (Wildman–Crippen MR) is 93.3 cm³/mol. The van der Waals surface area contributed by atoms with Gasteiger partial charge >= 0.3 is 0 Å². The van der Waals surface area contributed by atoms with E-state index in [0.29, 0.717) is 17.8 Å². The second kappa shape index (κ2) is 8.21. The molecule has 0 aliphatic carbocycles. The number of pyridine rings is 1. The summed E-state index contributed by atoms with van der Waals surface area (Å²) in [5.74, 6) is -0.709. The topological polar surface area (TPSA) is 97.1 Å². The van der Waals surface area contributed by atoms with Crippen molar-refractivity contribution in [3.05, 3.63) is 59.9 Å². The number of nitrogens with one attached hydrogen (secondary N) is 2. The lowest BCUT2D eigenvalue weighted by molar-refractivity contribution is -0.119. The molecular formula is C18H22N4O2. The maximum Gasteiger partial charge on any atom is 0.251 e. The van der Waals surface area contributed by atoms with Crippen LogP contribution in [-0.4, -0.2) is 22.8 Å². The van der Waals surface area contributed by atoms with Gasteiger partial charge in [0.15, 0.2) is 0 Å². The van der Waals surface area contributed by atoms with Gasteiger partial charge in [0.25, 0.3) is 5.91 Å². The van der Waals surface area contributed by atoms with Crippen LogP contribution >= 0.6 is 0 Å². The van der Waals surface area contributed by atoms with Crippen LogP contribution in [0, 0.1) is 5.92 Å². The smallest absolute Gasteiger partial charge is 0.251 e. The molecule has 2 aromatic rings. The number of benzene rings is 1. The molecule has 24 heavy (non-hydrogen) atoms. The Kier molecular flexibility index (Phi) is 6.03. The van der Waals surface area contributed by atoms with Gasteiger partial charge in [-0.15, -0.1) is 0 Å². The van der Waals surface area contributed by atoms with Crippen LogP contribution in [-0.2, 0) is 11.3 Å². The van der Waals surface area contributed by atoms with Gasteiger partial charge in [-0.3, -0.25) is 14.6 Å². The molecule has 0 fully saturated rings. The average molecular weight is 326 g/mol. The van der Waals surface area contributed by atoms with Gasteiger partial charge in [-0.25, -0.2) is 0 Å². The summed E-state index contributed by atoms with van der Waals surface area (Å²) >= 11 is 0. The van der Waals surface area contributed by atoms with Crippen molar-refractivity contribution in [1.82, 2.24) is 10.3 Å². The van der Waals surface area contributed by atoms with Gasteiger partial charge in [-0.05, 0) is 37.3 Å². The molecule has 1 heterocycles. The van der Waals surface area contributed by atoms with Gasteiger partial charge in [0, 0.05) is 23.5 Å². The minimum Gasteiger partial charge on any atom is -0.346 e. The van der Waals surface area contributed by atoms with Crippen molar-refractivity contribution in [1.29, 1.82) is 0 Å². The monoisotopic (exact) mass is 326 g/mol. The molecule has 0 saturated heterocycles. The van der Waals surface area contributed by atoms with Crippen LogP contribution in [0.1, 0.15) is 29.9 Å². The first-order valence-electron chi connectivity index (χ1n) is 7.82. The number of nitrogens with two attached hydrogens (primary N) is 1. The largest absolute Gasteiger partial charge is 0.346 e. The van der Waals surface area contributed by atoms with Crippen molar-refractivity contribution in [2.45, 2.75) is 26.4 Å². The third-order valence-electron chi connectivity index (χ3n) is 3.75. The lowest BCUT2D eigenvalue weighted by atomic mass is 10.0. The van der Waals surface area contributed by atoms with Crippen molar-refractivity contribution < 1.29 is 9.59 Å². The summed E-state index contributed by atoms with van der Waals surface area (Å²) in [5, 5.41) is 5.58. The third kappa shape index (κ3) is 4.89. The average Bonchev–Trinajstić information content (AvgIpc) is 2.60. The molecule has 126 valence electrons. The van der Waals surface area contributed by atoms with E-state index in [4.69, 9.17) is 5.73 Å². The maximum absolute atomic E-state index is 12.2. The van der Waals surface area contributed by atoms with Crippen molar-refractivity contribution in [2.24, 2.45) is 11.7 Å². The van der Waals surface area contributed by atoms with Gasteiger partial charge in [0.1, 0.15) is 0 Å². The van der Waals surface area contributed by atoms with E-state index >= 15 is 0 Å². The molecule has 4 N–H and O–H groups in total. The molecule has 0 radical (unpaired) electrons. The van der Waals surface area contributed by atoms with Gasteiger partial charge < -0.3 is 16.4 Å². The zero-order valence-corrected chi connectivity index (χ0v) is 13.8. The van der Waals surface area contributed by atoms with E-state index in [-0.39, 0.29) is 23.8 Å². The fourth-order valence-electron chi connectivity index (χ4n) is 2.01. The molecule has 0 spiro atoms. The molecule has 1 aromatic heterocycles. The third-order valence-corrected chi connectivity index (χ3v) is 3.75. The fraction of sp³-hybridized carbons (Fsp3) is 0.278. The highest BCUT2D eigenvalue weighted by Crippen LogP contribution is 2.13. The molecule has 2 unspecified atom stereocenters. The lowest BCUT2D eigenvalue weighted by Crippen LogP contribution is -2.34. The second-order valence-corrected chi connectivity index (χ2v) is 5.72. The Morgan fingerprint density at radius 3 is 2.62 bits per heavy atom. The molecule has 6 nitrogen and oxygen atoms in total. The summed E-state index contributed by atoms with van der Waals surface area (Å²) in [6.45, 7) is 3.90. The Labute approximate surface area is 141 Å². The van der Waals surface area contributed by atoms with Gasteiger partial charge in [-0.1, -0.05) is 19.1 Å². The van der Waals surface area contributed by atoms with Crippen LogP contribution in [0.5, 0.6) is 0 Å². The first-order valence-corrected chi connectivity index (χ1v) is 7.82. The quantitative estimate of drug-likeness (QED) is 0.755.